The minimum Gasteiger partial charge on any atom is -0.488 e. The first-order valence-electron chi connectivity index (χ1n) is 13.3. The number of pyridine rings is 1. The Bertz CT molecular complexity index is 1190. The maximum absolute atomic E-state index is 12.8. The van der Waals surface area contributed by atoms with Crippen LogP contribution in [0.4, 0.5) is 17.5 Å². The molecular formula is C28H42N6O3. The molecule has 0 unspecified atom stereocenters. The van der Waals surface area contributed by atoms with E-state index in [0.29, 0.717) is 25.3 Å². The average Bonchev–Trinajstić information content (AvgIpc) is 2.94. The molecule has 0 radical (unpaired) electrons. The lowest BCUT2D eigenvalue weighted by Crippen LogP contribution is -2.31. The van der Waals surface area contributed by atoms with Gasteiger partial charge < -0.3 is 24.8 Å². The van der Waals surface area contributed by atoms with Gasteiger partial charge in [-0.25, -0.2) is 4.98 Å². The first-order chi connectivity index (χ1) is 18.0. The maximum atomic E-state index is 12.8. The number of hydrogen-bond acceptors (Lipinski definition) is 7. The van der Waals surface area contributed by atoms with E-state index in [0.717, 1.165) is 53.4 Å². The molecule has 0 bridgehead atoms. The molecule has 9 heteroatoms. The highest BCUT2D eigenvalue weighted by Gasteiger charge is 2.15. The van der Waals surface area contributed by atoms with Crippen molar-refractivity contribution in [3.05, 3.63) is 46.4 Å². The molecule has 1 aliphatic rings. The molecule has 1 saturated heterocycles. The van der Waals surface area contributed by atoms with Gasteiger partial charge in [0.25, 0.3) is 5.56 Å². The highest BCUT2D eigenvalue weighted by Crippen LogP contribution is 2.26. The van der Waals surface area contributed by atoms with E-state index in [1.807, 2.05) is 58.2 Å². The summed E-state index contributed by atoms with van der Waals surface area (Å²) in [6.45, 7) is 13.1. The fourth-order valence-electron chi connectivity index (χ4n) is 4.09. The lowest BCUT2D eigenvalue weighted by atomic mass is 10.1. The van der Waals surface area contributed by atoms with Crippen LogP contribution in [0.1, 0.15) is 58.9 Å². The standard InChI is InChI=1S/C24H31N5O2.C2H5NO.C2H6/c1-4-11-29-20-10-9-19(14-18(20)15-21(23(29)30)31-5-2)26-22-17(3)16-25-24(27-22)28-12-7-6-8-13-28;1-3-2-4;1-2/h9-10,14-16H,4-8,11-13H2,1-3H3,(H,25,26,27);2H,1H3,(H,3,4);1-2H3. The number of aryl methyl sites for hydroxylation is 2. The lowest BCUT2D eigenvalue weighted by Gasteiger charge is -2.27. The first kappa shape index (κ1) is 29.6. The second-order valence-corrected chi connectivity index (χ2v) is 8.45. The number of amides is 1. The summed E-state index contributed by atoms with van der Waals surface area (Å²) in [7, 11) is 1.56. The Morgan fingerprint density at radius 2 is 1.81 bits per heavy atom. The maximum Gasteiger partial charge on any atom is 0.293 e. The van der Waals surface area contributed by atoms with Crippen molar-refractivity contribution in [2.45, 2.75) is 66.8 Å². The Balaban J connectivity index is 0.000000733. The van der Waals surface area contributed by atoms with E-state index < -0.39 is 0 Å². The van der Waals surface area contributed by atoms with E-state index in [1.54, 1.807) is 11.6 Å². The molecule has 1 aliphatic heterocycles. The van der Waals surface area contributed by atoms with Gasteiger partial charge in [0.1, 0.15) is 5.82 Å². The second-order valence-electron chi connectivity index (χ2n) is 8.45. The molecule has 0 saturated carbocycles. The van der Waals surface area contributed by atoms with Gasteiger partial charge in [-0.05, 0) is 63.8 Å². The summed E-state index contributed by atoms with van der Waals surface area (Å²) in [4.78, 5) is 33.4. The Hall–Kier alpha value is -3.62. The average molecular weight is 511 g/mol. The number of benzene rings is 1. The number of piperidine rings is 1. The van der Waals surface area contributed by atoms with Gasteiger partial charge in [0.05, 0.1) is 12.1 Å². The van der Waals surface area contributed by atoms with E-state index in [2.05, 4.69) is 27.4 Å². The van der Waals surface area contributed by atoms with E-state index in [4.69, 9.17) is 14.5 Å². The van der Waals surface area contributed by atoms with Crippen molar-refractivity contribution in [2.24, 2.45) is 0 Å². The van der Waals surface area contributed by atoms with Crippen LogP contribution in [0.3, 0.4) is 0 Å². The normalized spacial score (nSPS) is 12.5. The number of aromatic nitrogens is 3. The Labute approximate surface area is 220 Å². The summed E-state index contributed by atoms with van der Waals surface area (Å²) >= 11 is 0. The zero-order valence-corrected chi connectivity index (χ0v) is 23.1. The van der Waals surface area contributed by atoms with Crippen molar-refractivity contribution in [1.82, 2.24) is 19.9 Å². The molecule has 0 aliphatic carbocycles. The topological polar surface area (TPSA) is 101 Å². The van der Waals surface area contributed by atoms with Gasteiger partial charge in [-0.1, -0.05) is 20.8 Å². The van der Waals surface area contributed by atoms with Crippen molar-refractivity contribution in [2.75, 3.05) is 37.0 Å². The van der Waals surface area contributed by atoms with Crippen LogP contribution in [-0.4, -0.2) is 47.7 Å². The summed E-state index contributed by atoms with van der Waals surface area (Å²) in [5.74, 6) is 1.98. The van der Waals surface area contributed by atoms with Gasteiger partial charge in [-0.3, -0.25) is 9.59 Å². The third-order valence-electron chi connectivity index (χ3n) is 5.79. The van der Waals surface area contributed by atoms with Crippen LogP contribution in [0.5, 0.6) is 5.75 Å². The molecular weight excluding hydrogens is 468 g/mol. The molecule has 0 atom stereocenters. The lowest BCUT2D eigenvalue weighted by molar-refractivity contribution is -0.109. The second kappa shape index (κ2) is 15.5. The summed E-state index contributed by atoms with van der Waals surface area (Å²) in [5, 5.41) is 6.67. The van der Waals surface area contributed by atoms with Gasteiger partial charge in [0.2, 0.25) is 12.4 Å². The quantitative estimate of drug-likeness (QED) is 0.410. The van der Waals surface area contributed by atoms with Crippen molar-refractivity contribution in [1.29, 1.82) is 0 Å². The van der Waals surface area contributed by atoms with Crippen molar-refractivity contribution >= 4 is 34.8 Å². The minimum atomic E-state index is -0.0743. The number of anilines is 3. The van der Waals surface area contributed by atoms with E-state index in [1.165, 1.54) is 19.3 Å². The fraction of sp³-hybridized carbons (Fsp3) is 0.500. The molecule has 2 N–H and O–H groups in total. The van der Waals surface area contributed by atoms with Crippen LogP contribution in [0.2, 0.25) is 0 Å². The van der Waals surface area contributed by atoms with Crippen LogP contribution in [0.15, 0.2) is 35.3 Å². The zero-order valence-electron chi connectivity index (χ0n) is 23.1. The summed E-state index contributed by atoms with van der Waals surface area (Å²) < 4.78 is 7.41. The molecule has 1 amide bonds. The summed E-state index contributed by atoms with van der Waals surface area (Å²) in [6, 6.07) is 7.87. The van der Waals surface area contributed by atoms with Crippen LogP contribution in [0, 0.1) is 6.92 Å². The number of fused-ring (bicyclic) bond motifs is 1. The van der Waals surface area contributed by atoms with Crippen LogP contribution >= 0.6 is 0 Å². The molecule has 4 rings (SSSR count). The van der Waals surface area contributed by atoms with Crippen molar-refractivity contribution in [3.63, 3.8) is 0 Å². The van der Waals surface area contributed by atoms with Gasteiger partial charge >= 0.3 is 0 Å². The van der Waals surface area contributed by atoms with Crippen molar-refractivity contribution in [3.8, 4) is 5.75 Å². The minimum absolute atomic E-state index is 0.0743. The Morgan fingerprint density at radius 1 is 1.11 bits per heavy atom. The highest BCUT2D eigenvalue weighted by atomic mass is 16.5. The molecule has 202 valence electrons. The third kappa shape index (κ3) is 7.93. The van der Waals surface area contributed by atoms with E-state index in [9.17, 15) is 4.79 Å². The number of hydrogen-bond donors (Lipinski definition) is 2. The monoisotopic (exact) mass is 510 g/mol. The van der Waals surface area contributed by atoms with Crippen LogP contribution in [-0.2, 0) is 11.3 Å². The molecule has 37 heavy (non-hydrogen) atoms. The molecule has 3 aromatic rings. The van der Waals surface area contributed by atoms with Crippen LogP contribution in [0.25, 0.3) is 10.9 Å². The molecule has 9 nitrogen and oxygen atoms in total. The molecule has 2 aromatic heterocycles. The predicted molar refractivity (Wildman–Crippen MR) is 152 cm³/mol. The number of ether oxygens (including phenoxy) is 1. The van der Waals surface area contributed by atoms with E-state index in [-0.39, 0.29) is 5.56 Å². The first-order valence-corrected chi connectivity index (χ1v) is 13.3. The van der Waals surface area contributed by atoms with Crippen molar-refractivity contribution < 1.29 is 9.53 Å². The largest absolute Gasteiger partial charge is 0.488 e. The number of carbonyl (C=O) groups is 1. The molecule has 0 spiro atoms. The molecule has 1 aromatic carbocycles. The van der Waals surface area contributed by atoms with Gasteiger partial charge in [-0.2, -0.15) is 4.98 Å². The predicted octanol–water partition coefficient (Wildman–Crippen LogP) is 5.03. The summed E-state index contributed by atoms with van der Waals surface area (Å²) in [5.41, 5.74) is 2.75. The van der Waals surface area contributed by atoms with E-state index >= 15 is 0 Å². The number of nitrogens with one attached hydrogen (secondary N) is 2. The highest BCUT2D eigenvalue weighted by molar-refractivity contribution is 5.85. The summed E-state index contributed by atoms with van der Waals surface area (Å²) in [6.07, 6.45) is 7.03. The number of nitrogens with zero attached hydrogens (tertiary/aromatic N) is 4. The van der Waals surface area contributed by atoms with Gasteiger partial charge in [0.15, 0.2) is 5.75 Å². The molecule has 3 heterocycles. The zero-order chi connectivity index (χ0) is 27.2. The SMILES string of the molecule is CC.CCCn1c(=O)c(OCC)cc2cc(Nc3nc(N4CCCCC4)ncc3C)ccc21.CNC=O. The molecule has 1 fully saturated rings. The van der Waals surface area contributed by atoms with Gasteiger partial charge in [0, 0.05) is 49.5 Å². The third-order valence-corrected chi connectivity index (χ3v) is 5.79. The smallest absolute Gasteiger partial charge is 0.293 e. The number of carbonyl (C=O) groups excluding carboxylic acids is 1. The Kier molecular flexibility index (Phi) is 12.4. The Morgan fingerprint density at radius 3 is 2.43 bits per heavy atom. The van der Waals surface area contributed by atoms with Gasteiger partial charge in [-0.15, -0.1) is 0 Å². The van der Waals surface area contributed by atoms with Crippen LogP contribution < -0.4 is 25.8 Å². The number of rotatable bonds is 8. The fourth-order valence-corrected chi connectivity index (χ4v) is 4.09.